The van der Waals surface area contributed by atoms with Crippen molar-refractivity contribution in [3.63, 3.8) is 0 Å². The van der Waals surface area contributed by atoms with Crippen LogP contribution in [0, 0.1) is 0 Å². The number of carbonyl (C=O) groups is 2. The molecule has 1 aliphatic rings. The summed E-state index contributed by atoms with van der Waals surface area (Å²) in [7, 11) is 0. The number of carboxylic acid groups (broad SMARTS) is 1. The first kappa shape index (κ1) is 15.1. The molecule has 0 aromatic heterocycles. The van der Waals surface area contributed by atoms with Gasteiger partial charge >= 0.3 is 12.0 Å². The Hall–Kier alpha value is -1.34. The number of carboxylic acids is 1. The lowest BCUT2D eigenvalue weighted by Crippen LogP contribution is -2.30. The topological polar surface area (TPSA) is 78.4 Å². The number of hydrogen-bond donors (Lipinski definition) is 3. The van der Waals surface area contributed by atoms with Crippen LogP contribution >= 0.6 is 23.5 Å². The van der Waals surface area contributed by atoms with Crippen LogP contribution in [0.4, 0.5) is 10.5 Å². The highest BCUT2D eigenvalue weighted by Gasteiger charge is 2.18. The standard InChI is InChI=1S/C13H16N2O3S2/c16-11(17)4-5-14-13(18)15-10-3-1-2-9(8-10)12-19-6-7-20-12/h1-3,8,12H,4-7H2,(H,16,17)(H2,14,15,18). The molecule has 1 aromatic rings. The van der Waals surface area contributed by atoms with E-state index in [9.17, 15) is 9.59 Å². The van der Waals surface area contributed by atoms with Crippen molar-refractivity contribution in [2.45, 2.75) is 11.0 Å². The number of nitrogens with one attached hydrogen (secondary N) is 2. The summed E-state index contributed by atoms with van der Waals surface area (Å²) in [5.74, 6) is 1.38. The molecule has 5 nitrogen and oxygen atoms in total. The van der Waals surface area contributed by atoms with Crippen molar-refractivity contribution in [2.24, 2.45) is 0 Å². The third-order valence-electron chi connectivity index (χ3n) is 2.66. The van der Waals surface area contributed by atoms with Gasteiger partial charge in [-0.25, -0.2) is 4.79 Å². The largest absolute Gasteiger partial charge is 0.481 e. The van der Waals surface area contributed by atoms with E-state index in [4.69, 9.17) is 5.11 Å². The molecule has 1 saturated heterocycles. The number of amides is 2. The number of aliphatic carboxylic acids is 1. The molecular weight excluding hydrogens is 296 g/mol. The summed E-state index contributed by atoms with van der Waals surface area (Å²) < 4.78 is 0.437. The van der Waals surface area contributed by atoms with E-state index >= 15 is 0 Å². The molecule has 2 amide bonds. The van der Waals surface area contributed by atoms with E-state index in [1.54, 1.807) is 0 Å². The molecule has 1 aliphatic heterocycles. The molecule has 0 spiro atoms. The molecule has 7 heteroatoms. The Morgan fingerprint density at radius 2 is 2.05 bits per heavy atom. The van der Waals surface area contributed by atoms with Crippen molar-refractivity contribution in [1.82, 2.24) is 5.32 Å². The predicted octanol–water partition coefficient (Wildman–Crippen LogP) is 2.76. The minimum absolute atomic E-state index is 0.0805. The second-order valence-corrected chi connectivity index (χ2v) is 6.95. The first-order valence-corrected chi connectivity index (χ1v) is 8.35. The molecular formula is C13H16N2O3S2. The van der Waals surface area contributed by atoms with Gasteiger partial charge in [0.05, 0.1) is 11.0 Å². The van der Waals surface area contributed by atoms with Gasteiger partial charge in [-0.15, -0.1) is 23.5 Å². The molecule has 0 atom stereocenters. The molecule has 1 heterocycles. The Kier molecular flexibility index (Phi) is 5.60. The number of hydrogen-bond acceptors (Lipinski definition) is 4. The first-order valence-electron chi connectivity index (χ1n) is 6.25. The van der Waals surface area contributed by atoms with Gasteiger partial charge in [0, 0.05) is 23.7 Å². The van der Waals surface area contributed by atoms with Crippen LogP contribution in [0.15, 0.2) is 24.3 Å². The number of thioether (sulfide) groups is 2. The van der Waals surface area contributed by atoms with Crippen LogP contribution in [0.3, 0.4) is 0 Å². The highest BCUT2D eigenvalue weighted by molar-refractivity contribution is 8.19. The molecule has 0 aliphatic carbocycles. The summed E-state index contributed by atoms with van der Waals surface area (Å²) in [5.41, 5.74) is 1.92. The van der Waals surface area contributed by atoms with E-state index in [2.05, 4.69) is 16.7 Å². The monoisotopic (exact) mass is 312 g/mol. The molecule has 2 rings (SSSR count). The fraction of sp³-hybridized carbons (Fsp3) is 0.385. The fourth-order valence-electron chi connectivity index (χ4n) is 1.77. The van der Waals surface area contributed by atoms with E-state index < -0.39 is 5.97 Å². The first-order chi connectivity index (χ1) is 9.65. The molecule has 3 N–H and O–H groups in total. The van der Waals surface area contributed by atoms with Gasteiger partial charge in [-0.1, -0.05) is 12.1 Å². The van der Waals surface area contributed by atoms with Gasteiger partial charge in [0.15, 0.2) is 0 Å². The summed E-state index contributed by atoms with van der Waals surface area (Å²) >= 11 is 3.82. The molecule has 0 bridgehead atoms. The van der Waals surface area contributed by atoms with E-state index in [0.717, 1.165) is 17.2 Å². The molecule has 1 aromatic carbocycles. The Balaban J connectivity index is 1.87. The van der Waals surface area contributed by atoms with Gasteiger partial charge in [-0.2, -0.15) is 0 Å². The minimum Gasteiger partial charge on any atom is -0.481 e. The predicted molar refractivity (Wildman–Crippen MR) is 83.4 cm³/mol. The van der Waals surface area contributed by atoms with Gasteiger partial charge in [0.2, 0.25) is 0 Å². The third-order valence-corrected chi connectivity index (χ3v) is 5.77. The maximum Gasteiger partial charge on any atom is 0.319 e. The van der Waals surface area contributed by atoms with Crippen LogP contribution < -0.4 is 10.6 Å². The number of urea groups is 1. The third kappa shape index (κ3) is 4.64. The highest BCUT2D eigenvalue weighted by Crippen LogP contribution is 2.45. The van der Waals surface area contributed by atoms with E-state index in [0.29, 0.717) is 4.58 Å². The smallest absolute Gasteiger partial charge is 0.319 e. The van der Waals surface area contributed by atoms with Gasteiger partial charge < -0.3 is 15.7 Å². The Morgan fingerprint density at radius 1 is 1.30 bits per heavy atom. The molecule has 0 unspecified atom stereocenters. The lowest BCUT2D eigenvalue weighted by atomic mass is 10.2. The van der Waals surface area contributed by atoms with Crippen LogP contribution in [0.2, 0.25) is 0 Å². The highest BCUT2D eigenvalue weighted by atomic mass is 32.2. The lowest BCUT2D eigenvalue weighted by molar-refractivity contribution is -0.136. The number of benzene rings is 1. The zero-order valence-electron chi connectivity index (χ0n) is 10.8. The molecule has 0 saturated carbocycles. The summed E-state index contributed by atoms with van der Waals surface area (Å²) in [4.78, 5) is 22.0. The van der Waals surface area contributed by atoms with Crippen LogP contribution in [0.25, 0.3) is 0 Å². The SMILES string of the molecule is O=C(O)CCNC(=O)Nc1cccc(C2SCCS2)c1. The van der Waals surface area contributed by atoms with Crippen molar-refractivity contribution >= 4 is 41.2 Å². The average molecular weight is 312 g/mol. The van der Waals surface area contributed by atoms with Crippen molar-refractivity contribution < 1.29 is 14.7 Å². The van der Waals surface area contributed by atoms with E-state index in [1.807, 2.05) is 41.7 Å². The fourth-order valence-corrected chi connectivity index (χ4v) is 4.61. The normalized spacial score (nSPS) is 15.0. The zero-order valence-corrected chi connectivity index (χ0v) is 12.4. The summed E-state index contributed by atoms with van der Waals surface area (Å²) in [6.45, 7) is 0.120. The van der Waals surface area contributed by atoms with Crippen molar-refractivity contribution in [1.29, 1.82) is 0 Å². The summed E-state index contributed by atoms with van der Waals surface area (Å²) in [6, 6.07) is 7.39. The van der Waals surface area contributed by atoms with Crippen molar-refractivity contribution in [3.8, 4) is 0 Å². The molecule has 0 radical (unpaired) electrons. The second kappa shape index (κ2) is 7.44. The summed E-state index contributed by atoms with van der Waals surface area (Å²) in [5, 5.41) is 13.7. The van der Waals surface area contributed by atoms with Gasteiger partial charge in [0.25, 0.3) is 0 Å². The average Bonchev–Trinajstić information content (AvgIpc) is 2.92. The van der Waals surface area contributed by atoms with Crippen LogP contribution in [-0.4, -0.2) is 35.2 Å². The van der Waals surface area contributed by atoms with Crippen molar-refractivity contribution in [2.75, 3.05) is 23.4 Å². The van der Waals surface area contributed by atoms with Crippen LogP contribution in [0.1, 0.15) is 16.6 Å². The van der Waals surface area contributed by atoms with Crippen molar-refractivity contribution in [3.05, 3.63) is 29.8 Å². The number of carbonyl (C=O) groups excluding carboxylic acids is 1. The summed E-state index contributed by atoms with van der Waals surface area (Å²) in [6.07, 6.45) is -0.0805. The Morgan fingerprint density at radius 3 is 2.75 bits per heavy atom. The Labute approximate surface area is 125 Å². The zero-order chi connectivity index (χ0) is 14.4. The maximum atomic E-state index is 11.6. The number of rotatable bonds is 5. The maximum absolute atomic E-state index is 11.6. The Bertz CT molecular complexity index is 490. The van der Waals surface area contributed by atoms with Crippen LogP contribution in [0.5, 0.6) is 0 Å². The number of anilines is 1. The molecule has 20 heavy (non-hydrogen) atoms. The quantitative estimate of drug-likeness (QED) is 0.779. The molecule has 108 valence electrons. The minimum atomic E-state index is -0.928. The van der Waals surface area contributed by atoms with E-state index in [1.165, 1.54) is 5.56 Å². The second-order valence-electron chi connectivity index (χ2n) is 4.22. The van der Waals surface area contributed by atoms with Gasteiger partial charge in [0.1, 0.15) is 0 Å². The van der Waals surface area contributed by atoms with Gasteiger partial charge in [-0.3, -0.25) is 4.79 Å². The van der Waals surface area contributed by atoms with Gasteiger partial charge in [-0.05, 0) is 17.7 Å². The van der Waals surface area contributed by atoms with E-state index in [-0.39, 0.29) is 19.0 Å². The molecule has 1 fully saturated rings. The lowest BCUT2D eigenvalue weighted by Gasteiger charge is -2.11. The van der Waals surface area contributed by atoms with Crippen LogP contribution in [-0.2, 0) is 4.79 Å².